The molecule has 0 amide bonds. The van der Waals surface area contributed by atoms with Gasteiger partial charge in [0.2, 0.25) is 0 Å². The maximum Gasteiger partial charge on any atom is 0.137 e. The van der Waals surface area contributed by atoms with Crippen molar-refractivity contribution in [2.45, 2.75) is 50.9 Å². The smallest absolute Gasteiger partial charge is 0.137 e. The van der Waals surface area contributed by atoms with Crippen molar-refractivity contribution < 1.29 is 4.42 Å². The Morgan fingerprint density at radius 3 is 1.97 bits per heavy atom. The van der Waals surface area contributed by atoms with Gasteiger partial charge in [0, 0.05) is 39.3 Å². The van der Waals surface area contributed by atoms with Crippen LogP contribution in [-0.4, -0.2) is 0 Å². The van der Waals surface area contributed by atoms with Crippen molar-refractivity contribution in [3.05, 3.63) is 187 Å². The van der Waals surface area contributed by atoms with Gasteiger partial charge in [-0.15, -0.1) is 0 Å². The van der Waals surface area contributed by atoms with E-state index in [2.05, 4.69) is 189 Å². The van der Waals surface area contributed by atoms with E-state index in [0.717, 1.165) is 40.1 Å². The summed E-state index contributed by atoms with van der Waals surface area (Å²) in [5.74, 6) is 2.43. The van der Waals surface area contributed by atoms with Crippen LogP contribution in [0.25, 0.3) is 66.1 Å². The van der Waals surface area contributed by atoms with Crippen LogP contribution in [0.1, 0.15) is 62.1 Å². The van der Waals surface area contributed by atoms with Crippen LogP contribution in [0.15, 0.2) is 174 Å². The Kier molecular flexibility index (Phi) is 7.45. The molecule has 2 bridgehead atoms. The molecule has 1 heterocycles. The monoisotopic (exact) mass is 747 g/mol. The third kappa shape index (κ3) is 5.17. The average molecular weight is 748 g/mol. The zero-order chi connectivity index (χ0) is 38.5. The van der Waals surface area contributed by atoms with Crippen LogP contribution in [0.4, 0.5) is 17.1 Å². The molecule has 3 aliphatic rings. The summed E-state index contributed by atoms with van der Waals surface area (Å²) in [6.07, 6.45) is 5.55. The van der Waals surface area contributed by atoms with Crippen molar-refractivity contribution in [1.82, 2.24) is 0 Å². The molecule has 0 radical (unpaired) electrons. The first-order chi connectivity index (χ1) is 28.5. The molecule has 12 rings (SSSR count). The molecular formula is C56H45NO. The first-order valence-electron chi connectivity index (χ1n) is 21.2. The van der Waals surface area contributed by atoms with E-state index >= 15 is 0 Å². The first-order valence-corrected chi connectivity index (χ1v) is 21.2. The van der Waals surface area contributed by atoms with Crippen LogP contribution in [0.5, 0.6) is 0 Å². The predicted octanol–water partition coefficient (Wildman–Crippen LogP) is 15.8. The van der Waals surface area contributed by atoms with Crippen molar-refractivity contribution in [3.63, 3.8) is 0 Å². The number of nitrogens with zero attached hydrogens (tertiary/aromatic N) is 1. The quantitative estimate of drug-likeness (QED) is 0.168. The summed E-state index contributed by atoms with van der Waals surface area (Å²) >= 11 is 0. The Balaban J connectivity index is 1.02. The Morgan fingerprint density at radius 2 is 1.16 bits per heavy atom. The van der Waals surface area contributed by atoms with Gasteiger partial charge < -0.3 is 9.32 Å². The van der Waals surface area contributed by atoms with E-state index in [1.165, 1.54) is 97.3 Å². The molecule has 3 unspecified atom stereocenters. The number of rotatable bonds is 6. The topological polar surface area (TPSA) is 16.4 Å². The Morgan fingerprint density at radius 1 is 0.500 bits per heavy atom. The van der Waals surface area contributed by atoms with Crippen molar-refractivity contribution >= 4 is 49.8 Å². The highest BCUT2D eigenvalue weighted by Crippen LogP contribution is 2.54. The fourth-order valence-electron chi connectivity index (χ4n) is 11.3. The molecule has 280 valence electrons. The fraction of sp³-hybridized carbons (Fsp3) is 0.179. The third-order valence-corrected chi connectivity index (χ3v) is 14.1. The third-order valence-electron chi connectivity index (χ3n) is 14.1. The summed E-state index contributed by atoms with van der Waals surface area (Å²) in [7, 11) is 0. The van der Waals surface area contributed by atoms with Crippen LogP contribution in [0.2, 0.25) is 0 Å². The molecule has 0 N–H and O–H groups in total. The summed E-state index contributed by atoms with van der Waals surface area (Å²) < 4.78 is 6.81. The Labute approximate surface area is 340 Å². The summed E-state index contributed by atoms with van der Waals surface area (Å²) in [4.78, 5) is 2.43. The lowest BCUT2D eigenvalue weighted by molar-refractivity contribution is 0.420. The van der Waals surface area contributed by atoms with Gasteiger partial charge in [0.1, 0.15) is 11.2 Å². The zero-order valence-electron chi connectivity index (χ0n) is 33.1. The van der Waals surface area contributed by atoms with Crippen molar-refractivity contribution in [2.24, 2.45) is 11.8 Å². The number of fused-ring (bicyclic) bond motifs is 9. The summed E-state index contributed by atoms with van der Waals surface area (Å²) in [6, 6.07) is 63.1. The van der Waals surface area contributed by atoms with E-state index in [4.69, 9.17) is 4.42 Å². The molecule has 3 atom stereocenters. The minimum Gasteiger partial charge on any atom is -0.456 e. The molecular weight excluding hydrogens is 703 g/mol. The zero-order valence-corrected chi connectivity index (χ0v) is 33.1. The molecule has 2 nitrogen and oxygen atoms in total. The molecule has 9 aromatic rings. The number of hydrogen-bond donors (Lipinski definition) is 0. The van der Waals surface area contributed by atoms with E-state index in [1.54, 1.807) is 0 Å². The highest BCUT2D eigenvalue weighted by molar-refractivity contribution is 6.08. The second-order valence-corrected chi connectivity index (χ2v) is 17.7. The summed E-state index contributed by atoms with van der Waals surface area (Å²) in [5, 5.41) is 4.87. The van der Waals surface area contributed by atoms with E-state index in [-0.39, 0.29) is 5.41 Å². The van der Waals surface area contributed by atoms with Gasteiger partial charge in [0.05, 0.1) is 0 Å². The van der Waals surface area contributed by atoms with Gasteiger partial charge in [-0.25, -0.2) is 0 Å². The summed E-state index contributed by atoms with van der Waals surface area (Å²) in [6.45, 7) is 4.73. The lowest BCUT2D eigenvalue weighted by Crippen LogP contribution is -2.16. The molecule has 58 heavy (non-hydrogen) atoms. The van der Waals surface area contributed by atoms with E-state index in [9.17, 15) is 0 Å². The molecule has 0 aliphatic heterocycles. The van der Waals surface area contributed by atoms with E-state index in [0.29, 0.717) is 5.92 Å². The Bertz CT molecular complexity index is 3070. The number of benzene rings is 8. The molecule has 0 spiro atoms. The lowest BCUT2D eigenvalue weighted by atomic mass is 9.82. The molecule has 3 aliphatic carbocycles. The highest BCUT2D eigenvalue weighted by atomic mass is 16.3. The van der Waals surface area contributed by atoms with Gasteiger partial charge in [-0.3, -0.25) is 0 Å². The van der Waals surface area contributed by atoms with Crippen molar-refractivity contribution in [2.75, 3.05) is 4.90 Å². The van der Waals surface area contributed by atoms with Gasteiger partial charge in [-0.05, 0) is 140 Å². The second-order valence-electron chi connectivity index (χ2n) is 17.7. The Hall–Kier alpha value is -6.38. The number of anilines is 3. The largest absolute Gasteiger partial charge is 0.456 e. The van der Waals surface area contributed by atoms with Crippen molar-refractivity contribution in [3.8, 4) is 33.4 Å². The molecule has 0 saturated heterocycles. The van der Waals surface area contributed by atoms with Crippen LogP contribution in [0.3, 0.4) is 0 Å². The second kappa shape index (κ2) is 12.8. The molecule has 8 aromatic carbocycles. The molecule has 2 fully saturated rings. The normalized spacial score (nSPS) is 18.9. The predicted molar refractivity (Wildman–Crippen MR) is 243 cm³/mol. The van der Waals surface area contributed by atoms with Gasteiger partial charge in [-0.2, -0.15) is 0 Å². The van der Waals surface area contributed by atoms with Gasteiger partial charge in [-0.1, -0.05) is 142 Å². The minimum absolute atomic E-state index is 0.120. The van der Waals surface area contributed by atoms with Gasteiger partial charge in [0.15, 0.2) is 0 Å². The number of furan rings is 1. The molecule has 1 aromatic heterocycles. The van der Waals surface area contributed by atoms with Gasteiger partial charge >= 0.3 is 0 Å². The van der Waals surface area contributed by atoms with E-state index in [1.807, 2.05) is 0 Å². The van der Waals surface area contributed by atoms with Crippen LogP contribution in [-0.2, 0) is 5.41 Å². The van der Waals surface area contributed by atoms with Gasteiger partial charge in [0.25, 0.3) is 0 Å². The molecule has 2 heteroatoms. The van der Waals surface area contributed by atoms with Crippen LogP contribution < -0.4 is 4.90 Å². The van der Waals surface area contributed by atoms with Crippen LogP contribution in [0, 0.1) is 11.8 Å². The standard InChI is InChI=1S/C56H45NO/c1-56(2)51-20-7-6-17-46(51)47-27-24-42(33-52(47)56)57(43-25-28-49-48-26-23-40(32-53(48)58-54(49)34-43)50-30-35-21-22-39(50)29-35)41-16-8-15-38(31-41)45-19-10-14-37-13-9-18-44(55(37)45)36-11-4-3-5-12-36/h3-20,23-28,31-35,39,50H,21-22,29-30H2,1-2H3. The maximum absolute atomic E-state index is 6.81. The lowest BCUT2D eigenvalue weighted by Gasteiger charge is -2.28. The summed E-state index contributed by atoms with van der Waals surface area (Å²) in [5.41, 5.74) is 16.9. The first kappa shape index (κ1) is 33.7. The maximum atomic E-state index is 6.81. The fourth-order valence-corrected chi connectivity index (χ4v) is 11.3. The van der Waals surface area contributed by atoms with E-state index < -0.39 is 0 Å². The average Bonchev–Trinajstić information content (AvgIpc) is 4.05. The SMILES string of the molecule is CC1(C)c2ccccc2-c2ccc(N(c3cccc(-c4cccc5cccc(-c6ccccc6)c45)c3)c3ccc4c(c3)oc3cc(C5CC6CCC5C6)ccc34)cc21. The van der Waals surface area contributed by atoms with Crippen LogP contribution >= 0.6 is 0 Å². The number of hydrogen-bond acceptors (Lipinski definition) is 2. The minimum atomic E-state index is -0.120. The highest BCUT2D eigenvalue weighted by Gasteiger charge is 2.40. The molecule has 2 saturated carbocycles. The van der Waals surface area contributed by atoms with Crippen molar-refractivity contribution in [1.29, 1.82) is 0 Å².